The fraction of sp³-hybridized carbons (Fsp3) is 0.296. The van der Waals surface area contributed by atoms with E-state index in [0.717, 1.165) is 54.7 Å². The van der Waals surface area contributed by atoms with Crippen LogP contribution in [-0.2, 0) is 36.9 Å². The molecule has 0 fully saturated rings. The van der Waals surface area contributed by atoms with E-state index in [-0.39, 0.29) is 11.6 Å². The first-order valence-corrected chi connectivity index (χ1v) is 12.6. The molecule has 0 bridgehead atoms. The number of hydrogen-bond acceptors (Lipinski definition) is 5. The van der Waals surface area contributed by atoms with Crippen molar-refractivity contribution in [3.63, 3.8) is 0 Å². The van der Waals surface area contributed by atoms with Gasteiger partial charge in [0.15, 0.2) is 0 Å². The van der Waals surface area contributed by atoms with Gasteiger partial charge in [0.1, 0.15) is 6.04 Å². The number of aryl methyl sites for hydroxylation is 2. The maximum Gasteiger partial charge on any atom is 0.269 e. The van der Waals surface area contributed by atoms with Crippen LogP contribution in [0.3, 0.4) is 0 Å². The summed E-state index contributed by atoms with van der Waals surface area (Å²) in [4.78, 5) is 24.9. The molecule has 0 aliphatic heterocycles. The largest absolute Gasteiger partial charge is 0.324 e. The standard InChI is InChI=1S/C27H27N3O3S/c31-27(28-26-23-10-4-8-19(23)17-20-9-5-11-24(20)26)25(16-18-6-2-1-3-7-18)29-34-22-14-12-21(13-15-22)30(32)33/h1-3,6-7,12-15,17,25,29H,4-5,8-11,16H2,(H,28,31). The average Bonchev–Trinajstić information content (AvgIpc) is 3.52. The second-order valence-electron chi connectivity index (χ2n) is 8.94. The number of fused-ring (bicyclic) bond motifs is 2. The molecule has 3 aromatic rings. The summed E-state index contributed by atoms with van der Waals surface area (Å²) in [7, 11) is 0. The lowest BCUT2D eigenvalue weighted by molar-refractivity contribution is -0.384. The molecule has 2 aliphatic carbocycles. The van der Waals surface area contributed by atoms with Crippen LogP contribution in [0, 0.1) is 10.1 Å². The van der Waals surface area contributed by atoms with Gasteiger partial charge in [0, 0.05) is 22.7 Å². The molecule has 0 saturated carbocycles. The second kappa shape index (κ2) is 9.99. The average molecular weight is 474 g/mol. The van der Waals surface area contributed by atoms with Crippen LogP contribution in [0.1, 0.15) is 40.7 Å². The fourth-order valence-electron chi connectivity index (χ4n) is 4.99. The Bertz CT molecular complexity index is 1180. The highest BCUT2D eigenvalue weighted by atomic mass is 32.2. The van der Waals surface area contributed by atoms with Crippen molar-refractivity contribution >= 4 is 29.2 Å². The SMILES string of the molecule is O=C(Nc1c2c(cc3c1CCC3)CCC2)C(Cc1ccccc1)NSc1ccc([N+](=O)[O-])cc1. The Labute approximate surface area is 203 Å². The zero-order valence-electron chi connectivity index (χ0n) is 18.9. The number of nitro benzene ring substituents is 1. The molecule has 7 heteroatoms. The van der Waals surface area contributed by atoms with Gasteiger partial charge in [-0.2, -0.15) is 0 Å². The van der Waals surface area contributed by atoms with Crippen LogP contribution in [0.25, 0.3) is 0 Å². The molecule has 0 saturated heterocycles. The summed E-state index contributed by atoms with van der Waals surface area (Å²) in [5, 5.41) is 14.3. The molecule has 2 N–H and O–H groups in total. The highest BCUT2D eigenvalue weighted by Crippen LogP contribution is 2.38. The lowest BCUT2D eigenvalue weighted by atomic mass is 9.98. The van der Waals surface area contributed by atoms with Crippen molar-refractivity contribution in [3.05, 3.63) is 98.6 Å². The topological polar surface area (TPSA) is 84.3 Å². The van der Waals surface area contributed by atoms with Gasteiger partial charge in [0.05, 0.1) is 4.92 Å². The van der Waals surface area contributed by atoms with Gasteiger partial charge >= 0.3 is 0 Å². The molecule has 34 heavy (non-hydrogen) atoms. The highest BCUT2D eigenvalue weighted by molar-refractivity contribution is 7.97. The first-order chi connectivity index (χ1) is 16.6. The molecule has 0 radical (unpaired) electrons. The molecule has 5 rings (SSSR count). The van der Waals surface area contributed by atoms with E-state index in [4.69, 9.17) is 0 Å². The zero-order chi connectivity index (χ0) is 23.5. The number of nitrogens with zero attached hydrogens (tertiary/aromatic N) is 1. The number of rotatable bonds is 8. The summed E-state index contributed by atoms with van der Waals surface area (Å²) in [5.74, 6) is -0.0485. The van der Waals surface area contributed by atoms with Crippen molar-refractivity contribution < 1.29 is 9.72 Å². The summed E-state index contributed by atoms with van der Waals surface area (Å²) in [6.45, 7) is 0. The number of nitro groups is 1. The number of non-ortho nitro benzene ring substituents is 1. The maximum atomic E-state index is 13.6. The molecule has 1 amide bonds. The van der Waals surface area contributed by atoms with Gasteiger partial charge in [0.2, 0.25) is 5.91 Å². The maximum absolute atomic E-state index is 13.6. The molecule has 2 aliphatic rings. The molecular weight excluding hydrogens is 446 g/mol. The zero-order valence-corrected chi connectivity index (χ0v) is 19.7. The Morgan fingerprint density at radius 2 is 1.59 bits per heavy atom. The molecule has 6 nitrogen and oxygen atoms in total. The van der Waals surface area contributed by atoms with Crippen LogP contribution in [0.4, 0.5) is 11.4 Å². The van der Waals surface area contributed by atoms with Crippen molar-refractivity contribution in [1.29, 1.82) is 0 Å². The number of amides is 1. The smallest absolute Gasteiger partial charge is 0.269 e. The van der Waals surface area contributed by atoms with Crippen molar-refractivity contribution in [2.24, 2.45) is 0 Å². The molecule has 0 aromatic heterocycles. The van der Waals surface area contributed by atoms with Gasteiger partial charge < -0.3 is 5.32 Å². The summed E-state index contributed by atoms with van der Waals surface area (Å²) in [6.07, 6.45) is 7.05. The van der Waals surface area contributed by atoms with Crippen LogP contribution in [0.5, 0.6) is 0 Å². The van der Waals surface area contributed by atoms with Crippen molar-refractivity contribution in [2.45, 2.75) is 55.9 Å². The minimum atomic E-state index is -0.461. The third-order valence-corrected chi connectivity index (χ3v) is 7.60. The Kier molecular flexibility index (Phi) is 6.65. The first-order valence-electron chi connectivity index (χ1n) is 11.8. The lowest BCUT2D eigenvalue weighted by Crippen LogP contribution is -2.39. The first kappa shape index (κ1) is 22.6. The van der Waals surface area contributed by atoms with Gasteiger partial charge in [0.25, 0.3) is 5.69 Å². The van der Waals surface area contributed by atoms with E-state index in [1.54, 1.807) is 12.1 Å². The summed E-state index contributed by atoms with van der Waals surface area (Å²) in [5.41, 5.74) is 7.59. The number of benzene rings is 3. The van der Waals surface area contributed by atoms with E-state index in [1.807, 2.05) is 30.3 Å². The highest BCUT2D eigenvalue weighted by Gasteiger charge is 2.27. The Balaban J connectivity index is 1.37. The fourth-order valence-corrected chi connectivity index (χ4v) is 5.73. The molecule has 0 spiro atoms. The van der Waals surface area contributed by atoms with Crippen molar-refractivity contribution in [2.75, 3.05) is 5.32 Å². The second-order valence-corrected chi connectivity index (χ2v) is 9.85. The van der Waals surface area contributed by atoms with Gasteiger partial charge in [-0.1, -0.05) is 36.4 Å². The van der Waals surface area contributed by atoms with E-state index in [0.29, 0.717) is 6.42 Å². The monoisotopic (exact) mass is 473 g/mol. The third kappa shape index (κ3) is 4.86. The molecule has 1 unspecified atom stereocenters. The molecule has 3 aromatic carbocycles. The molecule has 174 valence electrons. The number of anilines is 1. The van der Waals surface area contributed by atoms with Crippen LogP contribution in [0.2, 0.25) is 0 Å². The minimum absolute atomic E-state index is 0.0485. The number of nitrogens with one attached hydrogen (secondary N) is 2. The van der Waals surface area contributed by atoms with Crippen molar-refractivity contribution in [3.8, 4) is 0 Å². The predicted octanol–water partition coefficient (Wildman–Crippen LogP) is 5.42. The van der Waals surface area contributed by atoms with Crippen LogP contribution < -0.4 is 10.0 Å². The summed E-state index contributed by atoms with van der Waals surface area (Å²) in [6, 6.07) is 18.2. The van der Waals surface area contributed by atoms with E-state index in [9.17, 15) is 14.9 Å². The van der Waals surface area contributed by atoms with Gasteiger partial charge in [-0.05, 0) is 96.8 Å². The van der Waals surface area contributed by atoms with E-state index in [2.05, 4.69) is 16.1 Å². The lowest BCUT2D eigenvalue weighted by Gasteiger charge is -2.21. The Hall–Kier alpha value is -3.16. The van der Waals surface area contributed by atoms with Gasteiger partial charge in [-0.15, -0.1) is 0 Å². The van der Waals surface area contributed by atoms with E-state index in [1.165, 1.54) is 46.3 Å². The third-order valence-electron chi connectivity index (χ3n) is 6.69. The number of carbonyl (C=O) groups excluding carboxylic acids is 1. The van der Waals surface area contributed by atoms with Gasteiger partial charge in [-0.3, -0.25) is 14.9 Å². The quantitative estimate of drug-likeness (QED) is 0.259. The molecular formula is C27H27N3O3S. The molecule has 1 atom stereocenters. The minimum Gasteiger partial charge on any atom is -0.324 e. The molecule has 0 heterocycles. The van der Waals surface area contributed by atoms with Crippen LogP contribution >= 0.6 is 11.9 Å². The van der Waals surface area contributed by atoms with Gasteiger partial charge in [-0.25, -0.2) is 4.72 Å². The number of hydrogen-bond donors (Lipinski definition) is 2. The Morgan fingerprint density at radius 3 is 2.21 bits per heavy atom. The Morgan fingerprint density at radius 1 is 0.941 bits per heavy atom. The number of carbonyl (C=O) groups is 1. The van der Waals surface area contributed by atoms with E-state index >= 15 is 0 Å². The summed E-state index contributed by atoms with van der Waals surface area (Å²) >= 11 is 1.32. The predicted molar refractivity (Wildman–Crippen MR) is 135 cm³/mol. The van der Waals surface area contributed by atoms with Crippen molar-refractivity contribution in [1.82, 2.24) is 4.72 Å². The summed E-state index contributed by atoms with van der Waals surface area (Å²) < 4.78 is 3.32. The van der Waals surface area contributed by atoms with E-state index < -0.39 is 11.0 Å². The normalized spacial score (nSPS) is 14.9. The van der Waals surface area contributed by atoms with Crippen LogP contribution in [0.15, 0.2) is 65.6 Å². The van der Waals surface area contributed by atoms with Crippen LogP contribution in [-0.4, -0.2) is 16.9 Å².